The Balaban J connectivity index is 4.65. The maximum atomic E-state index is 12.5. The molecule has 0 radical (unpaired) electrons. The van der Waals surface area contributed by atoms with E-state index in [0.717, 1.165) is 25.8 Å². The first-order valence-corrected chi connectivity index (χ1v) is 8.59. The Labute approximate surface area is 113 Å². The minimum absolute atomic E-state index is 0.0379. The maximum Gasteiger partial charge on any atom is 0.218 e. The summed E-state index contributed by atoms with van der Waals surface area (Å²) >= 11 is 0. The van der Waals surface area contributed by atoms with Crippen LogP contribution in [0.4, 0.5) is 0 Å². The second kappa shape index (κ2) is 8.88. The summed E-state index contributed by atoms with van der Waals surface area (Å²) in [4.78, 5) is 0. The zero-order chi connectivity index (χ0) is 14.2. The summed E-state index contributed by atoms with van der Waals surface area (Å²) in [7, 11) is -3.18. The Morgan fingerprint density at radius 1 is 1.11 bits per heavy atom. The van der Waals surface area contributed by atoms with E-state index in [1.54, 1.807) is 11.2 Å². The van der Waals surface area contributed by atoms with Crippen molar-refractivity contribution in [2.45, 2.75) is 65.2 Å². The minimum Gasteiger partial charge on any atom is -0.316 e. The highest BCUT2D eigenvalue weighted by Gasteiger charge is 2.29. The van der Waals surface area contributed by atoms with Crippen molar-refractivity contribution in [3.05, 3.63) is 0 Å². The number of nitrogens with zero attached hydrogens (tertiary/aromatic N) is 1. The van der Waals surface area contributed by atoms with Crippen LogP contribution in [0.1, 0.15) is 53.9 Å². The molecule has 0 rings (SSSR count). The van der Waals surface area contributed by atoms with Gasteiger partial charge in [-0.3, -0.25) is 0 Å². The van der Waals surface area contributed by atoms with Crippen molar-refractivity contribution >= 4 is 10.0 Å². The first-order chi connectivity index (χ1) is 8.37. The van der Waals surface area contributed by atoms with Crippen LogP contribution in [0.15, 0.2) is 0 Å². The Hall–Kier alpha value is -0.130. The standard InChI is InChI=1S/C13H30N2O2S/c1-6-8-9-10-15(12(3)4)18(16,17)13(5)11-14-7-2/h12-14H,6-11H2,1-5H3. The molecule has 1 atom stereocenters. The fourth-order valence-electron chi connectivity index (χ4n) is 1.88. The highest BCUT2D eigenvalue weighted by Crippen LogP contribution is 2.14. The van der Waals surface area contributed by atoms with Crippen LogP contribution in [0.3, 0.4) is 0 Å². The number of hydrogen-bond donors (Lipinski definition) is 1. The van der Waals surface area contributed by atoms with Crippen molar-refractivity contribution < 1.29 is 8.42 Å². The molecule has 0 fully saturated rings. The second-order valence-electron chi connectivity index (χ2n) is 5.07. The monoisotopic (exact) mass is 278 g/mol. The Morgan fingerprint density at radius 2 is 1.72 bits per heavy atom. The lowest BCUT2D eigenvalue weighted by atomic mass is 10.2. The van der Waals surface area contributed by atoms with Crippen LogP contribution >= 0.6 is 0 Å². The van der Waals surface area contributed by atoms with E-state index in [9.17, 15) is 8.42 Å². The fraction of sp³-hybridized carbons (Fsp3) is 1.00. The van der Waals surface area contributed by atoms with Gasteiger partial charge in [0.15, 0.2) is 0 Å². The van der Waals surface area contributed by atoms with Crippen LogP contribution < -0.4 is 5.32 Å². The van der Waals surface area contributed by atoms with E-state index in [-0.39, 0.29) is 11.3 Å². The van der Waals surface area contributed by atoms with E-state index in [1.807, 2.05) is 20.8 Å². The van der Waals surface area contributed by atoms with Gasteiger partial charge in [0.1, 0.15) is 0 Å². The van der Waals surface area contributed by atoms with Gasteiger partial charge in [-0.2, -0.15) is 4.31 Å². The quantitative estimate of drug-likeness (QED) is 0.623. The van der Waals surface area contributed by atoms with Crippen molar-refractivity contribution in [1.82, 2.24) is 9.62 Å². The van der Waals surface area contributed by atoms with Crippen molar-refractivity contribution in [3.8, 4) is 0 Å². The van der Waals surface area contributed by atoms with Crippen molar-refractivity contribution in [2.75, 3.05) is 19.6 Å². The molecule has 0 saturated heterocycles. The largest absolute Gasteiger partial charge is 0.316 e. The van der Waals surface area contributed by atoms with E-state index >= 15 is 0 Å². The number of nitrogens with one attached hydrogen (secondary N) is 1. The summed E-state index contributed by atoms with van der Waals surface area (Å²) in [6.45, 7) is 11.8. The maximum absolute atomic E-state index is 12.5. The average molecular weight is 278 g/mol. The van der Waals surface area contributed by atoms with Gasteiger partial charge < -0.3 is 5.32 Å². The van der Waals surface area contributed by atoms with E-state index in [2.05, 4.69) is 12.2 Å². The molecule has 110 valence electrons. The van der Waals surface area contributed by atoms with Gasteiger partial charge in [-0.25, -0.2) is 8.42 Å². The van der Waals surface area contributed by atoms with Crippen LogP contribution in [0, 0.1) is 0 Å². The Morgan fingerprint density at radius 3 is 2.17 bits per heavy atom. The molecule has 0 heterocycles. The predicted octanol–water partition coefficient (Wildman–Crippen LogP) is 2.21. The number of sulfonamides is 1. The summed E-state index contributed by atoms with van der Waals surface area (Å²) in [5.74, 6) is 0. The molecule has 0 aromatic rings. The molecular weight excluding hydrogens is 248 g/mol. The molecular formula is C13H30N2O2S. The molecule has 0 aliphatic heterocycles. The first kappa shape index (κ1) is 17.9. The third-order valence-electron chi connectivity index (χ3n) is 3.08. The fourth-order valence-corrected chi connectivity index (χ4v) is 3.64. The molecule has 1 unspecified atom stereocenters. The smallest absolute Gasteiger partial charge is 0.218 e. The number of hydrogen-bond acceptors (Lipinski definition) is 3. The lowest BCUT2D eigenvalue weighted by molar-refractivity contribution is 0.340. The van der Waals surface area contributed by atoms with Gasteiger partial charge in [-0.05, 0) is 33.7 Å². The molecule has 0 aliphatic carbocycles. The summed E-state index contributed by atoms with van der Waals surface area (Å²) in [6.07, 6.45) is 3.14. The molecule has 0 amide bonds. The number of unbranched alkanes of at least 4 members (excludes halogenated alkanes) is 2. The van der Waals surface area contributed by atoms with Gasteiger partial charge in [0.05, 0.1) is 5.25 Å². The number of rotatable bonds is 10. The highest BCUT2D eigenvalue weighted by molar-refractivity contribution is 7.89. The summed E-state index contributed by atoms with van der Waals surface area (Å²) in [5.41, 5.74) is 0. The molecule has 18 heavy (non-hydrogen) atoms. The third kappa shape index (κ3) is 5.67. The molecule has 0 saturated carbocycles. The van der Waals surface area contributed by atoms with Gasteiger partial charge in [-0.1, -0.05) is 26.7 Å². The SMILES string of the molecule is CCCCCN(C(C)C)S(=O)(=O)C(C)CNCC. The molecule has 0 aliphatic rings. The third-order valence-corrected chi connectivity index (χ3v) is 5.52. The van der Waals surface area contributed by atoms with Crippen LogP contribution in [0.2, 0.25) is 0 Å². The topological polar surface area (TPSA) is 49.4 Å². The van der Waals surface area contributed by atoms with Crippen molar-refractivity contribution in [3.63, 3.8) is 0 Å². The highest BCUT2D eigenvalue weighted by atomic mass is 32.2. The van der Waals surface area contributed by atoms with E-state index in [4.69, 9.17) is 0 Å². The second-order valence-corrected chi connectivity index (χ2v) is 7.38. The normalized spacial score (nSPS) is 14.4. The molecule has 1 N–H and O–H groups in total. The first-order valence-electron chi connectivity index (χ1n) is 7.09. The van der Waals surface area contributed by atoms with Crippen molar-refractivity contribution in [1.29, 1.82) is 0 Å². The van der Waals surface area contributed by atoms with Gasteiger partial charge in [0.2, 0.25) is 10.0 Å². The van der Waals surface area contributed by atoms with Gasteiger partial charge in [0.25, 0.3) is 0 Å². The zero-order valence-electron chi connectivity index (χ0n) is 12.6. The Bertz CT molecular complexity index is 302. The summed E-state index contributed by atoms with van der Waals surface area (Å²) in [5, 5.41) is 2.75. The van der Waals surface area contributed by atoms with Crippen LogP contribution in [0.5, 0.6) is 0 Å². The van der Waals surface area contributed by atoms with Crippen molar-refractivity contribution in [2.24, 2.45) is 0 Å². The molecule has 5 heteroatoms. The molecule has 0 spiro atoms. The Kier molecular flexibility index (Phi) is 8.82. The lowest BCUT2D eigenvalue weighted by Gasteiger charge is -2.29. The zero-order valence-corrected chi connectivity index (χ0v) is 13.4. The van der Waals surface area contributed by atoms with E-state index < -0.39 is 10.0 Å². The van der Waals surface area contributed by atoms with Crippen LogP contribution in [0.25, 0.3) is 0 Å². The predicted molar refractivity (Wildman–Crippen MR) is 78.3 cm³/mol. The minimum atomic E-state index is -3.18. The lowest BCUT2D eigenvalue weighted by Crippen LogP contribution is -2.45. The van der Waals surface area contributed by atoms with Gasteiger partial charge in [-0.15, -0.1) is 0 Å². The van der Waals surface area contributed by atoms with Gasteiger partial charge in [0, 0.05) is 19.1 Å². The van der Waals surface area contributed by atoms with Crippen LogP contribution in [-0.4, -0.2) is 43.6 Å². The summed E-state index contributed by atoms with van der Waals surface area (Å²) < 4.78 is 26.6. The molecule has 0 aromatic carbocycles. The molecule has 0 bridgehead atoms. The average Bonchev–Trinajstić information content (AvgIpc) is 2.30. The van der Waals surface area contributed by atoms with Crippen LogP contribution in [-0.2, 0) is 10.0 Å². The summed E-state index contributed by atoms with van der Waals surface area (Å²) in [6, 6.07) is 0.0379. The van der Waals surface area contributed by atoms with E-state index in [1.165, 1.54) is 0 Å². The molecule has 0 aromatic heterocycles. The van der Waals surface area contributed by atoms with Gasteiger partial charge >= 0.3 is 0 Å². The van der Waals surface area contributed by atoms with E-state index in [0.29, 0.717) is 13.1 Å². The molecule has 4 nitrogen and oxygen atoms in total.